The van der Waals surface area contributed by atoms with Crippen LogP contribution in [0.3, 0.4) is 0 Å². The van der Waals surface area contributed by atoms with Crippen LogP contribution in [0.25, 0.3) is 0 Å². The van der Waals surface area contributed by atoms with E-state index in [2.05, 4.69) is 10.3 Å². The minimum absolute atomic E-state index is 0.0267. The molecule has 1 heterocycles. The highest BCUT2D eigenvalue weighted by molar-refractivity contribution is 7.89. The van der Waals surface area contributed by atoms with Crippen LogP contribution in [-0.2, 0) is 10.0 Å². The van der Waals surface area contributed by atoms with Gasteiger partial charge in [-0.25, -0.2) is 12.7 Å². The molecule has 0 atom stereocenters. The van der Waals surface area contributed by atoms with Crippen LogP contribution in [0.2, 0.25) is 0 Å². The lowest BCUT2D eigenvalue weighted by molar-refractivity contribution is 0.398. The van der Waals surface area contributed by atoms with E-state index in [1.54, 1.807) is 18.2 Å². The molecule has 0 spiro atoms. The Kier molecular flexibility index (Phi) is 4.71. The number of nitrogens with one attached hydrogen (secondary N) is 1. The summed E-state index contributed by atoms with van der Waals surface area (Å²) in [5, 5.41) is 2.93. The number of sulfonamides is 1. The second-order valence-corrected chi connectivity index (χ2v) is 5.89. The molecular formula is C10H17N3O3S. The van der Waals surface area contributed by atoms with E-state index in [0.29, 0.717) is 18.2 Å². The summed E-state index contributed by atoms with van der Waals surface area (Å²) in [7, 11) is 1.38. The molecule has 96 valence electrons. The maximum absolute atomic E-state index is 11.5. The van der Waals surface area contributed by atoms with Crippen LogP contribution in [0.1, 0.15) is 0 Å². The Balaban J connectivity index is 2.51. The molecule has 1 rings (SSSR count). The van der Waals surface area contributed by atoms with E-state index in [1.807, 2.05) is 0 Å². The summed E-state index contributed by atoms with van der Waals surface area (Å²) in [4.78, 5) is 4.11. The molecule has 1 aromatic rings. The molecule has 0 saturated carbocycles. The summed E-state index contributed by atoms with van der Waals surface area (Å²) >= 11 is 0. The number of methoxy groups -OCH3 is 1. The van der Waals surface area contributed by atoms with E-state index in [4.69, 9.17) is 4.74 Å². The van der Waals surface area contributed by atoms with Gasteiger partial charge in [0, 0.05) is 26.7 Å². The SMILES string of the molecule is COc1cccc(NCCS(=O)(=O)N(C)C)n1. The lowest BCUT2D eigenvalue weighted by Gasteiger charge is -2.12. The van der Waals surface area contributed by atoms with Crippen molar-refractivity contribution in [1.82, 2.24) is 9.29 Å². The van der Waals surface area contributed by atoms with Gasteiger partial charge >= 0.3 is 0 Å². The number of hydrogen-bond donors (Lipinski definition) is 1. The molecule has 7 heteroatoms. The molecule has 0 amide bonds. The second-order valence-electron chi connectivity index (χ2n) is 3.59. The highest BCUT2D eigenvalue weighted by Gasteiger charge is 2.12. The Labute approximate surface area is 102 Å². The third kappa shape index (κ3) is 4.20. The van der Waals surface area contributed by atoms with Crippen LogP contribution in [0.15, 0.2) is 18.2 Å². The number of pyridine rings is 1. The lowest BCUT2D eigenvalue weighted by atomic mass is 10.4. The van der Waals surface area contributed by atoms with Crippen molar-refractivity contribution >= 4 is 15.8 Å². The van der Waals surface area contributed by atoms with E-state index in [0.717, 1.165) is 0 Å². The normalized spacial score (nSPS) is 11.5. The van der Waals surface area contributed by atoms with E-state index < -0.39 is 10.0 Å². The molecule has 17 heavy (non-hydrogen) atoms. The average Bonchev–Trinajstić information content (AvgIpc) is 2.29. The molecule has 0 radical (unpaired) electrons. The first kappa shape index (κ1) is 13.7. The highest BCUT2D eigenvalue weighted by atomic mass is 32.2. The number of hydrogen-bond acceptors (Lipinski definition) is 5. The molecule has 0 aliphatic carbocycles. The maximum Gasteiger partial charge on any atom is 0.215 e. The molecule has 1 N–H and O–H groups in total. The van der Waals surface area contributed by atoms with Crippen molar-refractivity contribution in [3.8, 4) is 5.88 Å². The van der Waals surface area contributed by atoms with Gasteiger partial charge in [-0.1, -0.05) is 6.07 Å². The van der Waals surface area contributed by atoms with Crippen LogP contribution in [0.5, 0.6) is 5.88 Å². The summed E-state index contributed by atoms with van der Waals surface area (Å²) < 4.78 is 29.1. The van der Waals surface area contributed by atoms with Gasteiger partial charge in [-0.3, -0.25) is 0 Å². The Bertz CT molecular complexity index is 460. The molecule has 0 aliphatic heterocycles. The fourth-order valence-corrected chi connectivity index (χ4v) is 1.84. The van der Waals surface area contributed by atoms with Crippen molar-refractivity contribution in [3.63, 3.8) is 0 Å². The van der Waals surface area contributed by atoms with E-state index in [1.165, 1.54) is 25.5 Å². The van der Waals surface area contributed by atoms with Gasteiger partial charge in [-0.05, 0) is 6.07 Å². The summed E-state index contributed by atoms with van der Waals surface area (Å²) in [6.45, 7) is 0.306. The molecule has 0 bridgehead atoms. The fraction of sp³-hybridized carbons (Fsp3) is 0.500. The van der Waals surface area contributed by atoms with Gasteiger partial charge in [-0.15, -0.1) is 0 Å². The Morgan fingerprint density at radius 3 is 2.71 bits per heavy atom. The van der Waals surface area contributed by atoms with Crippen LogP contribution >= 0.6 is 0 Å². The van der Waals surface area contributed by atoms with Crippen LogP contribution < -0.4 is 10.1 Å². The molecule has 0 unspecified atom stereocenters. The number of aromatic nitrogens is 1. The molecule has 0 aliphatic rings. The molecule has 1 aromatic heterocycles. The standard InChI is InChI=1S/C10H17N3O3S/c1-13(2)17(14,15)8-7-11-9-5-4-6-10(12-9)16-3/h4-6H,7-8H2,1-3H3,(H,11,12). The minimum Gasteiger partial charge on any atom is -0.481 e. The van der Waals surface area contributed by atoms with Crippen molar-refractivity contribution < 1.29 is 13.2 Å². The average molecular weight is 259 g/mol. The molecule has 0 fully saturated rings. The quantitative estimate of drug-likeness (QED) is 0.800. The summed E-state index contributed by atoms with van der Waals surface area (Å²) in [5.41, 5.74) is 0. The van der Waals surface area contributed by atoms with Crippen molar-refractivity contribution in [2.75, 3.05) is 38.8 Å². The Morgan fingerprint density at radius 1 is 1.41 bits per heavy atom. The van der Waals surface area contributed by atoms with Crippen LogP contribution in [0.4, 0.5) is 5.82 Å². The van der Waals surface area contributed by atoms with Gasteiger partial charge in [-0.2, -0.15) is 4.98 Å². The van der Waals surface area contributed by atoms with Gasteiger partial charge in [0.15, 0.2) is 0 Å². The van der Waals surface area contributed by atoms with E-state index in [9.17, 15) is 8.42 Å². The first-order chi connectivity index (χ1) is 7.95. The molecule has 0 aromatic carbocycles. The molecule has 0 saturated heterocycles. The first-order valence-electron chi connectivity index (χ1n) is 5.11. The van der Waals surface area contributed by atoms with Crippen molar-refractivity contribution in [2.45, 2.75) is 0 Å². The van der Waals surface area contributed by atoms with Crippen LogP contribution in [0, 0.1) is 0 Å². The zero-order chi connectivity index (χ0) is 12.9. The summed E-state index contributed by atoms with van der Waals surface area (Å²) in [5.74, 6) is 1.11. The Morgan fingerprint density at radius 2 is 2.12 bits per heavy atom. The number of anilines is 1. The number of ether oxygens (including phenoxy) is 1. The predicted molar refractivity (Wildman–Crippen MR) is 66.8 cm³/mol. The summed E-state index contributed by atoms with van der Waals surface area (Å²) in [6.07, 6.45) is 0. The lowest BCUT2D eigenvalue weighted by Crippen LogP contribution is -2.28. The van der Waals surface area contributed by atoms with E-state index in [-0.39, 0.29) is 5.75 Å². The van der Waals surface area contributed by atoms with Gasteiger partial charge in [0.2, 0.25) is 15.9 Å². The Hall–Kier alpha value is -1.34. The number of nitrogens with zero attached hydrogens (tertiary/aromatic N) is 2. The highest BCUT2D eigenvalue weighted by Crippen LogP contribution is 2.10. The topological polar surface area (TPSA) is 71.5 Å². The third-order valence-corrected chi connectivity index (χ3v) is 3.99. The van der Waals surface area contributed by atoms with Gasteiger partial charge in [0.25, 0.3) is 0 Å². The zero-order valence-corrected chi connectivity index (χ0v) is 11.0. The maximum atomic E-state index is 11.5. The van der Waals surface area contributed by atoms with Gasteiger partial charge < -0.3 is 10.1 Å². The second kappa shape index (κ2) is 5.83. The summed E-state index contributed by atoms with van der Waals surface area (Å²) in [6, 6.07) is 5.27. The third-order valence-electron chi connectivity index (χ3n) is 2.16. The van der Waals surface area contributed by atoms with Crippen LogP contribution in [-0.4, -0.2) is 51.2 Å². The molecular weight excluding hydrogens is 242 g/mol. The van der Waals surface area contributed by atoms with Crippen molar-refractivity contribution in [2.24, 2.45) is 0 Å². The minimum atomic E-state index is -3.17. The van der Waals surface area contributed by atoms with Gasteiger partial charge in [0.05, 0.1) is 12.9 Å². The largest absolute Gasteiger partial charge is 0.481 e. The van der Waals surface area contributed by atoms with Crippen molar-refractivity contribution in [3.05, 3.63) is 18.2 Å². The van der Waals surface area contributed by atoms with E-state index >= 15 is 0 Å². The molecule has 6 nitrogen and oxygen atoms in total. The fourth-order valence-electron chi connectivity index (χ4n) is 1.12. The first-order valence-corrected chi connectivity index (χ1v) is 6.72. The van der Waals surface area contributed by atoms with Crippen molar-refractivity contribution in [1.29, 1.82) is 0 Å². The predicted octanol–water partition coefficient (Wildman–Crippen LogP) is 0.393. The van der Waals surface area contributed by atoms with Gasteiger partial charge in [0.1, 0.15) is 5.82 Å². The monoisotopic (exact) mass is 259 g/mol. The zero-order valence-electron chi connectivity index (χ0n) is 10.2. The number of rotatable bonds is 6. The smallest absolute Gasteiger partial charge is 0.215 e.